The highest BCUT2D eigenvalue weighted by molar-refractivity contribution is 6.39. The second-order valence-electron chi connectivity index (χ2n) is 7.62. The first kappa shape index (κ1) is 21.0. The van der Waals surface area contributed by atoms with Crippen LogP contribution in [0.2, 0.25) is 5.02 Å². The Morgan fingerprint density at radius 1 is 1.26 bits per heavy atom. The second-order valence-corrected chi connectivity index (χ2v) is 8.02. The Hall–Kier alpha value is -3.26. The van der Waals surface area contributed by atoms with E-state index in [1.807, 2.05) is 56.7 Å². The van der Waals surface area contributed by atoms with Gasteiger partial charge in [-0.3, -0.25) is 4.79 Å². The summed E-state index contributed by atoms with van der Waals surface area (Å²) in [5.74, 6) is 0.616. The van der Waals surface area contributed by atoms with Gasteiger partial charge >= 0.3 is 5.97 Å². The van der Waals surface area contributed by atoms with Gasteiger partial charge in [0.05, 0.1) is 17.5 Å². The SMILES string of the molecule is Bc1cn(CCC(=O)O)c2ccc(-c3noc(-c4ccc(OC(C)C)c(Cl)c4)n3)cc12. The molecule has 0 atom stereocenters. The normalized spacial score (nSPS) is 11.4. The van der Waals surface area contributed by atoms with Crippen LogP contribution in [-0.2, 0) is 11.3 Å². The van der Waals surface area contributed by atoms with Crippen molar-refractivity contribution in [1.29, 1.82) is 0 Å². The fourth-order valence-corrected chi connectivity index (χ4v) is 3.68. The largest absolute Gasteiger partial charge is 0.489 e. The molecule has 2 heterocycles. The van der Waals surface area contributed by atoms with Crippen LogP contribution in [0.15, 0.2) is 47.1 Å². The molecule has 0 fully saturated rings. The molecular weight excluding hydrogens is 417 g/mol. The standard InChI is InChI=1S/C22H21BClN3O4/c1-12(2)30-19-6-4-14(10-17(19)24)22-25-21(26-31-22)13-3-5-18-15(9-13)16(23)11-27(18)8-7-20(28)29/h3-6,9-12H,7-8,23H2,1-2H3,(H,28,29). The average Bonchev–Trinajstić information content (AvgIpc) is 3.33. The van der Waals surface area contributed by atoms with E-state index < -0.39 is 5.97 Å². The van der Waals surface area contributed by atoms with E-state index in [0.29, 0.717) is 34.6 Å². The number of carbonyl (C=O) groups is 1. The van der Waals surface area contributed by atoms with E-state index in [9.17, 15) is 4.79 Å². The zero-order valence-corrected chi connectivity index (χ0v) is 18.2. The second kappa shape index (κ2) is 8.47. The van der Waals surface area contributed by atoms with Crippen LogP contribution < -0.4 is 10.2 Å². The number of carboxylic acid groups (broad SMARTS) is 1. The molecule has 0 radical (unpaired) electrons. The monoisotopic (exact) mass is 437 g/mol. The van der Waals surface area contributed by atoms with Crippen LogP contribution in [0.1, 0.15) is 20.3 Å². The van der Waals surface area contributed by atoms with Crippen LogP contribution in [0, 0.1) is 0 Å². The molecule has 0 aliphatic heterocycles. The molecule has 2 aromatic heterocycles. The van der Waals surface area contributed by atoms with Gasteiger partial charge in [-0.1, -0.05) is 22.2 Å². The fourth-order valence-electron chi connectivity index (χ4n) is 3.46. The number of aromatic nitrogens is 3. The first-order valence-corrected chi connectivity index (χ1v) is 10.3. The maximum atomic E-state index is 10.9. The fraction of sp³-hybridized carbons (Fsp3) is 0.227. The van der Waals surface area contributed by atoms with Crippen LogP contribution in [0.4, 0.5) is 0 Å². The summed E-state index contributed by atoms with van der Waals surface area (Å²) in [5, 5.41) is 14.6. The Kier molecular flexibility index (Phi) is 5.74. The topological polar surface area (TPSA) is 90.4 Å². The third kappa shape index (κ3) is 4.44. The van der Waals surface area contributed by atoms with Gasteiger partial charge in [0.25, 0.3) is 5.89 Å². The number of aryl methyl sites for hydroxylation is 1. The molecule has 0 unspecified atom stereocenters. The summed E-state index contributed by atoms with van der Waals surface area (Å²) in [7, 11) is 1.99. The Morgan fingerprint density at radius 2 is 2.03 bits per heavy atom. The third-order valence-corrected chi connectivity index (χ3v) is 5.17. The molecule has 0 saturated heterocycles. The molecule has 0 saturated carbocycles. The molecule has 1 N–H and O–H groups in total. The quantitative estimate of drug-likeness (QED) is 0.445. The molecule has 4 rings (SSSR count). The van der Waals surface area contributed by atoms with Gasteiger partial charge in [-0.15, -0.1) is 0 Å². The van der Waals surface area contributed by atoms with Gasteiger partial charge in [-0.05, 0) is 61.8 Å². The Morgan fingerprint density at radius 3 is 2.74 bits per heavy atom. The minimum absolute atomic E-state index is 0.0238. The lowest BCUT2D eigenvalue weighted by Gasteiger charge is -2.11. The van der Waals surface area contributed by atoms with Crippen LogP contribution >= 0.6 is 11.6 Å². The number of carboxylic acids is 1. The van der Waals surface area contributed by atoms with Crippen molar-refractivity contribution in [1.82, 2.24) is 14.7 Å². The highest BCUT2D eigenvalue weighted by Gasteiger charge is 2.15. The molecule has 7 nitrogen and oxygen atoms in total. The molecule has 9 heteroatoms. The summed E-state index contributed by atoms with van der Waals surface area (Å²) in [4.78, 5) is 15.4. The van der Waals surface area contributed by atoms with Crippen molar-refractivity contribution in [3.05, 3.63) is 47.6 Å². The molecule has 0 amide bonds. The van der Waals surface area contributed by atoms with E-state index in [0.717, 1.165) is 21.9 Å². The van der Waals surface area contributed by atoms with Crippen LogP contribution in [0.3, 0.4) is 0 Å². The van der Waals surface area contributed by atoms with Crippen molar-refractivity contribution in [2.45, 2.75) is 32.9 Å². The summed E-state index contributed by atoms with van der Waals surface area (Å²) in [5.41, 5.74) is 3.54. The molecule has 0 aliphatic carbocycles. The highest BCUT2D eigenvalue weighted by Crippen LogP contribution is 2.31. The lowest BCUT2D eigenvalue weighted by Crippen LogP contribution is -2.05. The predicted octanol–water partition coefficient (Wildman–Crippen LogP) is 3.53. The van der Waals surface area contributed by atoms with Crippen molar-refractivity contribution in [2.75, 3.05) is 0 Å². The molecule has 0 bridgehead atoms. The zero-order chi connectivity index (χ0) is 22.1. The zero-order valence-electron chi connectivity index (χ0n) is 17.4. The predicted molar refractivity (Wildman–Crippen MR) is 122 cm³/mol. The highest BCUT2D eigenvalue weighted by atomic mass is 35.5. The number of rotatable bonds is 7. The minimum Gasteiger partial charge on any atom is -0.489 e. The lowest BCUT2D eigenvalue weighted by molar-refractivity contribution is -0.137. The van der Waals surface area contributed by atoms with E-state index in [2.05, 4.69) is 10.1 Å². The van der Waals surface area contributed by atoms with E-state index >= 15 is 0 Å². The molecule has 2 aromatic carbocycles. The molecular formula is C22H21BClN3O4. The Bertz CT molecular complexity index is 1270. The van der Waals surface area contributed by atoms with Crippen molar-refractivity contribution < 1.29 is 19.2 Å². The Balaban J connectivity index is 1.62. The average molecular weight is 438 g/mol. The number of fused-ring (bicyclic) bond motifs is 1. The summed E-state index contributed by atoms with van der Waals surface area (Å²) < 4.78 is 13.1. The van der Waals surface area contributed by atoms with Gasteiger partial charge in [-0.25, -0.2) is 0 Å². The Labute approximate surface area is 185 Å². The summed E-state index contributed by atoms with van der Waals surface area (Å²) in [6.07, 6.45) is 2.06. The lowest BCUT2D eigenvalue weighted by atomic mass is 9.95. The first-order valence-electron chi connectivity index (χ1n) is 9.94. The number of hydrogen-bond acceptors (Lipinski definition) is 5. The molecule has 158 valence electrons. The molecule has 0 spiro atoms. The third-order valence-electron chi connectivity index (χ3n) is 4.87. The minimum atomic E-state index is -0.820. The van der Waals surface area contributed by atoms with Crippen molar-refractivity contribution in [3.63, 3.8) is 0 Å². The van der Waals surface area contributed by atoms with Gasteiger partial charge in [0, 0.05) is 23.2 Å². The maximum absolute atomic E-state index is 10.9. The number of benzene rings is 2. The number of halogens is 1. The van der Waals surface area contributed by atoms with Crippen molar-refractivity contribution in [2.24, 2.45) is 0 Å². The van der Waals surface area contributed by atoms with E-state index in [1.54, 1.807) is 12.1 Å². The van der Waals surface area contributed by atoms with Gasteiger partial charge in [0.2, 0.25) is 5.82 Å². The summed E-state index contributed by atoms with van der Waals surface area (Å²) in [6.45, 7) is 4.30. The number of hydrogen-bond donors (Lipinski definition) is 1. The van der Waals surface area contributed by atoms with Gasteiger partial charge < -0.3 is 18.9 Å². The van der Waals surface area contributed by atoms with E-state index in [-0.39, 0.29) is 12.5 Å². The van der Waals surface area contributed by atoms with Gasteiger partial charge in [0.1, 0.15) is 13.6 Å². The van der Waals surface area contributed by atoms with Crippen molar-refractivity contribution >= 4 is 41.8 Å². The summed E-state index contributed by atoms with van der Waals surface area (Å²) >= 11 is 6.32. The van der Waals surface area contributed by atoms with E-state index in [1.165, 1.54) is 0 Å². The first-order chi connectivity index (χ1) is 14.8. The van der Waals surface area contributed by atoms with Crippen molar-refractivity contribution in [3.8, 4) is 28.6 Å². The molecule has 4 aromatic rings. The maximum Gasteiger partial charge on any atom is 0.305 e. The summed E-state index contributed by atoms with van der Waals surface area (Å²) in [6, 6.07) is 11.2. The number of aliphatic carboxylic acids is 1. The molecule has 31 heavy (non-hydrogen) atoms. The molecule has 0 aliphatic rings. The van der Waals surface area contributed by atoms with Gasteiger partial charge in [0.15, 0.2) is 0 Å². The van der Waals surface area contributed by atoms with Gasteiger partial charge in [-0.2, -0.15) is 4.98 Å². The smallest absolute Gasteiger partial charge is 0.305 e. The van der Waals surface area contributed by atoms with Crippen LogP contribution in [0.5, 0.6) is 5.75 Å². The number of nitrogens with zero attached hydrogens (tertiary/aromatic N) is 3. The van der Waals surface area contributed by atoms with E-state index in [4.69, 9.17) is 26.0 Å². The van der Waals surface area contributed by atoms with Crippen LogP contribution in [0.25, 0.3) is 33.7 Å². The van der Waals surface area contributed by atoms with Crippen LogP contribution in [-0.4, -0.2) is 39.7 Å². The number of ether oxygens (including phenoxy) is 1.